The number of Topliss-reactive ketones (excluding diaryl/α,β-unsaturated/α-hetero) is 1. The molecule has 0 saturated heterocycles. The first-order chi connectivity index (χ1) is 10.1. The number of fused-ring (bicyclic) bond motifs is 1. The van der Waals surface area contributed by atoms with E-state index in [4.69, 9.17) is 32.7 Å². The van der Waals surface area contributed by atoms with Crippen molar-refractivity contribution in [3.05, 3.63) is 57.6 Å². The Morgan fingerprint density at radius 1 is 1.24 bits per heavy atom. The van der Waals surface area contributed by atoms with Crippen molar-refractivity contribution in [2.24, 2.45) is 0 Å². The third kappa shape index (κ3) is 2.59. The van der Waals surface area contributed by atoms with E-state index in [1.807, 2.05) is 6.07 Å². The number of ether oxygens (including phenoxy) is 2. The van der Waals surface area contributed by atoms with Crippen molar-refractivity contribution in [2.75, 3.05) is 7.11 Å². The number of ketones is 1. The summed E-state index contributed by atoms with van der Waals surface area (Å²) in [6.07, 6.45) is -0.204. The first-order valence-corrected chi connectivity index (χ1v) is 7.17. The molecule has 0 fully saturated rings. The summed E-state index contributed by atoms with van der Waals surface area (Å²) in [5.74, 6) is 1.16. The van der Waals surface area contributed by atoms with E-state index >= 15 is 0 Å². The number of benzene rings is 2. The second-order valence-corrected chi connectivity index (χ2v) is 5.52. The van der Waals surface area contributed by atoms with Crippen LogP contribution in [0, 0.1) is 0 Å². The van der Waals surface area contributed by atoms with Gasteiger partial charge in [-0.3, -0.25) is 4.79 Å². The molecule has 1 unspecified atom stereocenters. The normalized spacial score (nSPS) is 17.1. The molecule has 3 rings (SSSR count). The van der Waals surface area contributed by atoms with Crippen LogP contribution in [0.3, 0.4) is 0 Å². The first-order valence-electron chi connectivity index (χ1n) is 6.42. The van der Waals surface area contributed by atoms with Crippen LogP contribution in [-0.2, 0) is 0 Å². The standard InChI is InChI=1S/C16H12Cl2O3/c1-20-9-5-6-14-11(7-9)13(19)8-15(21-14)10-3-2-4-12(17)16(10)18/h2-7,15H,8H2,1H3. The van der Waals surface area contributed by atoms with E-state index in [9.17, 15) is 4.79 Å². The molecule has 2 aromatic carbocycles. The van der Waals surface area contributed by atoms with Gasteiger partial charge < -0.3 is 9.47 Å². The number of carbonyl (C=O) groups excluding carboxylic acids is 1. The van der Waals surface area contributed by atoms with Crippen LogP contribution in [0.15, 0.2) is 36.4 Å². The van der Waals surface area contributed by atoms with Gasteiger partial charge in [0.05, 0.1) is 29.1 Å². The minimum Gasteiger partial charge on any atom is -0.497 e. The summed E-state index contributed by atoms with van der Waals surface area (Å²) >= 11 is 12.2. The van der Waals surface area contributed by atoms with Crippen molar-refractivity contribution in [1.82, 2.24) is 0 Å². The van der Waals surface area contributed by atoms with E-state index < -0.39 is 6.10 Å². The van der Waals surface area contributed by atoms with Gasteiger partial charge in [0.2, 0.25) is 0 Å². The van der Waals surface area contributed by atoms with Crippen LogP contribution in [0.5, 0.6) is 11.5 Å². The summed E-state index contributed by atoms with van der Waals surface area (Å²) < 4.78 is 11.0. The minimum absolute atomic E-state index is 0.00353. The van der Waals surface area contributed by atoms with E-state index in [-0.39, 0.29) is 12.2 Å². The van der Waals surface area contributed by atoms with Crippen LogP contribution in [0.2, 0.25) is 10.0 Å². The Kier molecular flexibility index (Phi) is 3.79. The summed E-state index contributed by atoms with van der Waals surface area (Å²) in [7, 11) is 1.56. The molecule has 5 heteroatoms. The van der Waals surface area contributed by atoms with Crippen molar-refractivity contribution in [1.29, 1.82) is 0 Å². The highest BCUT2D eigenvalue weighted by atomic mass is 35.5. The molecule has 1 atom stereocenters. The molecule has 3 nitrogen and oxygen atoms in total. The fourth-order valence-corrected chi connectivity index (χ4v) is 2.80. The predicted molar refractivity (Wildman–Crippen MR) is 81.8 cm³/mol. The predicted octanol–water partition coefficient (Wildman–Crippen LogP) is 4.71. The van der Waals surface area contributed by atoms with Gasteiger partial charge in [0.25, 0.3) is 0 Å². The third-order valence-electron chi connectivity index (χ3n) is 3.46. The maximum absolute atomic E-state index is 12.3. The van der Waals surface area contributed by atoms with Gasteiger partial charge in [-0.25, -0.2) is 0 Å². The van der Waals surface area contributed by atoms with Crippen LogP contribution in [-0.4, -0.2) is 12.9 Å². The Balaban J connectivity index is 1.99. The molecule has 0 radical (unpaired) electrons. The molecule has 1 heterocycles. The molecule has 21 heavy (non-hydrogen) atoms. The van der Waals surface area contributed by atoms with Crippen LogP contribution in [0.1, 0.15) is 28.4 Å². The van der Waals surface area contributed by atoms with E-state index in [1.165, 1.54) is 0 Å². The molecule has 1 aliphatic heterocycles. The number of carbonyl (C=O) groups is 1. The van der Waals surface area contributed by atoms with Gasteiger partial charge in [-0.2, -0.15) is 0 Å². The fourth-order valence-electron chi connectivity index (χ4n) is 2.37. The summed E-state index contributed by atoms with van der Waals surface area (Å²) in [5, 5.41) is 0.875. The molecule has 0 spiro atoms. The van der Waals surface area contributed by atoms with Gasteiger partial charge in [0, 0.05) is 5.56 Å². The molecule has 0 saturated carbocycles. The molecule has 108 valence electrons. The SMILES string of the molecule is COc1ccc2c(c1)C(=O)CC(c1cccc(Cl)c1Cl)O2. The van der Waals surface area contributed by atoms with Crippen LogP contribution >= 0.6 is 23.2 Å². The van der Waals surface area contributed by atoms with Gasteiger partial charge in [0.1, 0.15) is 17.6 Å². The lowest BCUT2D eigenvalue weighted by atomic mass is 9.96. The third-order valence-corrected chi connectivity index (χ3v) is 4.29. The number of halogens is 2. The topological polar surface area (TPSA) is 35.5 Å². The zero-order valence-electron chi connectivity index (χ0n) is 11.2. The molecule has 0 aromatic heterocycles. The number of hydrogen-bond donors (Lipinski definition) is 0. The van der Waals surface area contributed by atoms with Crippen molar-refractivity contribution in [2.45, 2.75) is 12.5 Å². The van der Waals surface area contributed by atoms with Crippen molar-refractivity contribution in [3.63, 3.8) is 0 Å². The maximum atomic E-state index is 12.3. The van der Waals surface area contributed by atoms with Crippen molar-refractivity contribution in [3.8, 4) is 11.5 Å². The monoisotopic (exact) mass is 322 g/mol. The Bertz CT molecular complexity index is 713. The highest BCUT2D eigenvalue weighted by Gasteiger charge is 2.29. The van der Waals surface area contributed by atoms with Gasteiger partial charge in [-0.05, 0) is 24.3 Å². The Hall–Kier alpha value is -1.71. The molecule has 2 aromatic rings. The highest BCUT2D eigenvalue weighted by Crippen LogP contribution is 2.40. The lowest BCUT2D eigenvalue weighted by Gasteiger charge is -2.26. The van der Waals surface area contributed by atoms with E-state index in [2.05, 4.69) is 0 Å². The summed E-state index contributed by atoms with van der Waals surface area (Å²) in [6.45, 7) is 0. The Morgan fingerprint density at radius 2 is 2.05 bits per heavy atom. The second kappa shape index (κ2) is 5.58. The lowest BCUT2D eigenvalue weighted by Crippen LogP contribution is -2.20. The molecular weight excluding hydrogens is 311 g/mol. The summed E-state index contributed by atoms with van der Waals surface area (Å²) in [4.78, 5) is 12.3. The highest BCUT2D eigenvalue weighted by molar-refractivity contribution is 6.42. The largest absolute Gasteiger partial charge is 0.497 e. The average molecular weight is 323 g/mol. The average Bonchev–Trinajstić information content (AvgIpc) is 2.49. The fraction of sp³-hybridized carbons (Fsp3) is 0.188. The van der Waals surface area contributed by atoms with E-state index in [0.29, 0.717) is 27.1 Å². The zero-order valence-corrected chi connectivity index (χ0v) is 12.7. The second-order valence-electron chi connectivity index (χ2n) is 4.74. The molecule has 0 N–H and O–H groups in total. The Morgan fingerprint density at radius 3 is 2.81 bits per heavy atom. The minimum atomic E-state index is -0.426. The molecule has 0 aliphatic carbocycles. The van der Waals surface area contributed by atoms with Gasteiger partial charge in [-0.1, -0.05) is 35.3 Å². The van der Waals surface area contributed by atoms with Crippen molar-refractivity contribution >= 4 is 29.0 Å². The first kappa shape index (κ1) is 14.2. The summed E-state index contributed by atoms with van der Waals surface area (Å²) in [6, 6.07) is 10.5. The zero-order chi connectivity index (χ0) is 15.0. The maximum Gasteiger partial charge on any atom is 0.170 e. The molecule has 1 aliphatic rings. The van der Waals surface area contributed by atoms with E-state index in [1.54, 1.807) is 37.4 Å². The van der Waals surface area contributed by atoms with Crippen LogP contribution < -0.4 is 9.47 Å². The van der Waals surface area contributed by atoms with Crippen LogP contribution in [0.25, 0.3) is 0 Å². The number of methoxy groups -OCH3 is 1. The molecule has 0 amide bonds. The molecular formula is C16H12Cl2O3. The van der Waals surface area contributed by atoms with Gasteiger partial charge >= 0.3 is 0 Å². The van der Waals surface area contributed by atoms with E-state index in [0.717, 1.165) is 5.56 Å². The quantitative estimate of drug-likeness (QED) is 0.803. The molecule has 0 bridgehead atoms. The number of rotatable bonds is 2. The van der Waals surface area contributed by atoms with Gasteiger partial charge in [0.15, 0.2) is 5.78 Å². The van der Waals surface area contributed by atoms with Gasteiger partial charge in [-0.15, -0.1) is 0 Å². The smallest absolute Gasteiger partial charge is 0.170 e. The summed E-state index contributed by atoms with van der Waals surface area (Å²) in [5.41, 5.74) is 1.25. The number of hydrogen-bond acceptors (Lipinski definition) is 3. The lowest BCUT2D eigenvalue weighted by molar-refractivity contribution is 0.0849. The van der Waals surface area contributed by atoms with Crippen molar-refractivity contribution < 1.29 is 14.3 Å². The Labute approximate surface area is 132 Å². The van der Waals surface area contributed by atoms with Crippen LogP contribution in [0.4, 0.5) is 0 Å².